The van der Waals surface area contributed by atoms with Crippen LogP contribution in [0.5, 0.6) is 0 Å². The summed E-state index contributed by atoms with van der Waals surface area (Å²) < 4.78 is 5.66. The normalized spacial score (nSPS) is 16.3. The fourth-order valence-corrected chi connectivity index (χ4v) is 3.31. The first kappa shape index (κ1) is 17.3. The molecule has 1 aromatic carbocycles. The zero-order chi connectivity index (χ0) is 17.1. The van der Waals surface area contributed by atoms with Crippen molar-refractivity contribution in [3.05, 3.63) is 46.1 Å². The molecule has 1 aromatic heterocycles. The van der Waals surface area contributed by atoms with Gasteiger partial charge in [-0.2, -0.15) is 0 Å². The number of rotatable bonds is 5. The second-order valence-electron chi connectivity index (χ2n) is 6.09. The maximum absolute atomic E-state index is 12.3. The van der Waals surface area contributed by atoms with E-state index in [1.165, 1.54) is 12.8 Å². The summed E-state index contributed by atoms with van der Waals surface area (Å²) >= 11 is 12.2. The van der Waals surface area contributed by atoms with E-state index in [9.17, 15) is 4.79 Å². The minimum Gasteiger partial charge on any atom is -0.451 e. The molecule has 0 radical (unpaired) electrons. The summed E-state index contributed by atoms with van der Waals surface area (Å²) in [6.07, 6.45) is 2.47. The van der Waals surface area contributed by atoms with Gasteiger partial charge in [0, 0.05) is 23.2 Å². The Morgan fingerprint density at radius 1 is 1.25 bits per heavy atom. The Morgan fingerprint density at radius 3 is 2.75 bits per heavy atom. The van der Waals surface area contributed by atoms with Gasteiger partial charge >= 0.3 is 0 Å². The highest BCUT2D eigenvalue weighted by molar-refractivity contribution is 6.35. The van der Waals surface area contributed by atoms with Crippen LogP contribution < -0.4 is 5.32 Å². The molecule has 1 unspecified atom stereocenters. The van der Waals surface area contributed by atoms with Crippen LogP contribution in [0.1, 0.15) is 30.3 Å². The number of halogens is 2. The van der Waals surface area contributed by atoms with Crippen LogP contribution in [-0.2, 0) is 0 Å². The molecule has 4 nitrogen and oxygen atoms in total. The third-order valence-electron chi connectivity index (χ3n) is 4.35. The fourth-order valence-electron chi connectivity index (χ4n) is 2.93. The summed E-state index contributed by atoms with van der Waals surface area (Å²) in [5.41, 5.74) is 0.675. The number of hydrogen-bond donors (Lipinski definition) is 1. The third kappa shape index (κ3) is 3.94. The van der Waals surface area contributed by atoms with Gasteiger partial charge in [-0.25, -0.2) is 0 Å². The number of hydrogen-bond acceptors (Lipinski definition) is 3. The van der Waals surface area contributed by atoms with E-state index in [0.717, 1.165) is 13.1 Å². The first-order valence-corrected chi connectivity index (χ1v) is 8.87. The van der Waals surface area contributed by atoms with E-state index >= 15 is 0 Å². The van der Waals surface area contributed by atoms with Crippen molar-refractivity contribution in [1.82, 2.24) is 10.2 Å². The van der Waals surface area contributed by atoms with Crippen LogP contribution in [0.25, 0.3) is 11.3 Å². The summed E-state index contributed by atoms with van der Waals surface area (Å²) in [5, 5.41) is 4.03. The second kappa shape index (κ2) is 7.60. The number of carbonyl (C=O) groups excluding carboxylic acids is 1. The topological polar surface area (TPSA) is 45.5 Å². The van der Waals surface area contributed by atoms with Crippen molar-refractivity contribution < 1.29 is 9.21 Å². The third-order valence-corrected chi connectivity index (χ3v) is 4.91. The Kier molecular flexibility index (Phi) is 5.49. The number of furan rings is 1. The largest absolute Gasteiger partial charge is 0.451 e. The molecule has 1 saturated heterocycles. The molecule has 0 bridgehead atoms. The van der Waals surface area contributed by atoms with Gasteiger partial charge in [0.1, 0.15) is 5.76 Å². The molecule has 0 saturated carbocycles. The van der Waals surface area contributed by atoms with Crippen LogP contribution in [0.2, 0.25) is 10.0 Å². The highest BCUT2D eigenvalue weighted by Crippen LogP contribution is 2.31. The van der Waals surface area contributed by atoms with Crippen LogP contribution >= 0.6 is 23.2 Å². The minimum atomic E-state index is -0.217. The lowest BCUT2D eigenvalue weighted by molar-refractivity contribution is 0.0913. The Bertz CT molecular complexity index is 724. The van der Waals surface area contributed by atoms with Gasteiger partial charge in [0.2, 0.25) is 0 Å². The molecule has 1 amide bonds. The van der Waals surface area contributed by atoms with Gasteiger partial charge in [-0.05, 0) is 63.2 Å². The zero-order valence-electron chi connectivity index (χ0n) is 13.5. The van der Waals surface area contributed by atoms with Crippen molar-refractivity contribution in [2.75, 3.05) is 19.6 Å². The van der Waals surface area contributed by atoms with Crippen LogP contribution in [-0.4, -0.2) is 36.5 Å². The number of amides is 1. The summed E-state index contributed by atoms with van der Waals surface area (Å²) in [6.45, 7) is 4.95. The molecular weight excluding hydrogens is 347 g/mol. The van der Waals surface area contributed by atoms with Crippen LogP contribution in [0.4, 0.5) is 0 Å². The molecule has 1 atom stereocenters. The van der Waals surface area contributed by atoms with E-state index < -0.39 is 0 Å². The van der Waals surface area contributed by atoms with Gasteiger partial charge in [0.15, 0.2) is 5.76 Å². The Balaban J connectivity index is 1.64. The first-order chi connectivity index (χ1) is 11.5. The highest BCUT2D eigenvalue weighted by atomic mass is 35.5. The van der Waals surface area contributed by atoms with Gasteiger partial charge in [-0.3, -0.25) is 9.69 Å². The Labute approximate surface area is 151 Å². The van der Waals surface area contributed by atoms with E-state index in [2.05, 4.69) is 17.1 Å². The van der Waals surface area contributed by atoms with Gasteiger partial charge in [0.05, 0.1) is 5.02 Å². The second-order valence-corrected chi connectivity index (χ2v) is 6.93. The van der Waals surface area contributed by atoms with E-state index in [-0.39, 0.29) is 11.7 Å². The molecule has 1 N–H and O–H groups in total. The predicted molar refractivity (Wildman–Crippen MR) is 96.8 cm³/mol. The van der Waals surface area contributed by atoms with Crippen molar-refractivity contribution in [2.24, 2.45) is 0 Å². The fraction of sp³-hybridized carbons (Fsp3) is 0.389. The maximum atomic E-state index is 12.3. The maximum Gasteiger partial charge on any atom is 0.287 e. The first-order valence-electron chi connectivity index (χ1n) is 8.12. The summed E-state index contributed by atoms with van der Waals surface area (Å²) in [5.74, 6) is 0.584. The number of nitrogens with one attached hydrogen (secondary N) is 1. The monoisotopic (exact) mass is 366 g/mol. The summed E-state index contributed by atoms with van der Waals surface area (Å²) in [4.78, 5) is 14.7. The van der Waals surface area contributed by atoms with Crippen molar-refractivity contribution >= 4 is 29.1 Å². The van der Waals surface area contributed by atoms with Crippen molar-refractivity contribution in [1.29, 1.82) is 0 Å². The SMILES string of the molecule is CC(CNC(=O)c1ccc(-c2cc(Cl)ccc2Cl)o1)N1CCCC1. The quantitative estimate of drug-likeness (QED) is 0.848. The van der Waals surface area contributed by atoms with Crippen molar-refractivity contribution in [3.63, 3.8) is 0 Å². The lowest BCUT2D eigenvalue weighted by Gasteiger charge is -2.23. The van der Waals surface area contributed by atoms with Crippen LogP contribution in [0.3, 0.4) is 0 Å². The molecule has 1 aliphatic rings. The molecule has 3 rings (SSSR count). The van der Waals surface area contributed by atoms with E-state index in [1.54, 1.807) is 30.3 Å². The van der Waals surface area contributed by atoms with Gasteiger partial charge in [-0.1, -0.05) is 23.2 Å². The standard InChI is InChI=1S/C18H20Cl2N2O2/c1-12(22-8-2-3-9-22)11-21-18(23)17-7-6-16(24-17)14-10-13(19)4-5-15(14)20/h4-7,10,12H,2-3,8-9,11H2,1H3,(H,21,23). The smallest absolute Gasteiger partial charge is 0.287 e. The molecular formula is C18H20Cl2N2O2. The molecule has 0 spiro atoms. The highest BCUT2D eigenvalue weighted by Gasteiger charge is 2.20. The number of nitrogens with zero attached hydrogens (tertiary/aromatic N) is 1. The number of likely N-dealkylation sites (tertiary alicyclic amines) is 1. The Hall–Kier alpha value is -1.49. The van der Waals surface area contributed by atoms with Crippen molar-refractivity contribution in [3.8, 4) is 11.3 Å². The molecule has 6 heteroatoms. The summed E-state index contributed by atoms with van der Waals surface area (Å²) in [6, 6.07) is 8.86. The van der Waals surface area contributed by atoms with Gasteiger partial charge in [-0.15, -0.1) is 0 Å². The van der Waals surface area contributed by atoms with Gasteiger partial charge < -0.3 is 9.73 Å². The van der Waals surface area contributed by atoms with Crippen LogP contribution in [0.15, 0.2) is 34.7 Å². The average Bonchev–Trinajstić information content (AvgIpc) is 3.26. The molecule has 2 aromatic rings. The minimum absolute atomic E-state index is 0.217. The molecule has 128 valence electrons. The van der Waals surface area contributed by atoms with Crippen LogP contribution in [0, 0.1) is 0 Å². The average molecular weight is 367 g/mol. The molecule has 1 fully saturated rings. The summed E-state index contributed by atoms with van der Waals surface area (Å²) in [7, 11) is 0. The lowest BCUT2D eigenvalue weighted by atomic mass is 10.2. The van der Waals surface area contributed by atoms with E-state index in [4.69, 9.17) is 27.6 Å². The zero-order valence-corrected chi connectivity index (χ0v) is 15.0. The molecule has 1 aliphatic heterocycles. The molecule has 0 aliphatic carbocycles. The number of benzene rings is 1. The van der Waals surface area contributed by atoms with E-state index in [0.29, 0.717) is 34.0 Å². The molecule has 24 heavy (non-hydrogen) atoms. The predicted octanol–water partition coefficient (Wildman–Crippen LogP) is 4.47. The van der Waals surface area contributed by atoms with E-state index in [1.807, 2.05) is 0 Å². The van der Waals surface area contributed by atoms with Crippen molar-refractivity contribution in [2.45, 2.75) is 25.8 Å². The molecule has 2 heterocycles. The Morgan fingerprint density at radius 2 is 2.00 bits per heavy atom. The van der Waals surface area contributed by atoms with Gasteiger partial charge in [0.25, 0.3) is 5.91 Å². The number of carbonyl (C=O) groups is 1. The lowest BCUT2D eigenvalue weighted by Crippen LogP contribution is -2.40.